The molecule has 3 heteroatoms. The van der Waals surface area contributed by atoms with Gasteiger partial charge in [-0.05, 0) is 44.1 Å². The van der Waals surface area contributed by atoms with Crippen molar-refractivity contribution in [2.24, 2.45) is 16.6 Å². The van der Waals surface area contributed by atoms with E-state index in [1.807, 2.05) is 13.8 Å². The Morgan fingerprint density at radius 3 is 1.69 bits per heavy atom. The highest BCUT2D eigenvalue weighted by Gasteiger charge is 2.41. The summed E-state index contributed by atoms with van der Waals surface area (Å²) in [5.74, 6) is -0.669. The Bertz CT molecular complexity index is 210. The Labute approximate surface area is 99.4 Å². The molecule has 0 rings (SSSR count). The van der Waals surface area contributed by atoms with E-state index in [2.05, 4.69) is 13.8 Å². The van der Waals surface area contributed by atoms with Crippen molar-refractivity contribution in [1.82, 2.24) is 0 Å². The molecule has 0 amide bonds. The van der Waals surface area contributed by atoms with Crippen molar-refractivity contribution in [3.63, 3.8) is 0 Å². The molecule has 0 aliphatic carbocycles. The molecule has 0 fully saturated rings. The predicted octanol–water partition coefficient (Wildman–Crippen LogP) is 3.03. The van der Waals surface area contributed by atoms with Crippen LogP contribution in [0.5, 0.6) is 0 Å². The molecule has 16 heavy (non-hydrogen) atoms. The number of hydrogen-bond acceptors (Lipinski definition) is 2. The number of nitrogens with two attached hydrogens (primary N) is 1. The quantitative estimate of drug-likeness (QED) is 0.672. The highest BCUT2D eigenvalue weighted by atomic mass is 16.4. The van der Waals surface area contributed by atoms with Gasteiger partial charge < -0.3 is 10.8 Å². The minimum atomic E-state index is -0.669. The van der Waals surface area contributed by atoms with Crippen LogP contribution in [0.25, 0.3) is 0 Å². The number of aliphatic carboxylic acids is 1. The molecule has 0 aromatic rings. The molecule has 0 aromatic carbocycles. The van der Waals surface area contributed by atoms with Gasteiger partial charge >= 0.3 is 5.97 Å². The molecule has 0 heterocycles. The maximum absolute atomic E-state index is 11.5. The van der Waals surface area contributed by atoms with Crippen LogP contribution in [0.2, 0.25) is 0 Å². The lowest BCUT2D eigenvalue weighted by molar-refractivity contribution is -0.152. The van der Waals surface area contributed by atoms with Gasteiger partial charge in [-0.3, -0.25) is 4.79 Å². The van der Waals surface area contributed by atoms with Crippen LogP contribution in [-0.4, -0.2) is 17.6 Å². The molecular formula is C13H27NO2. The maximum Gasteiger partial charge on any atom is 0.309 e. The first-order valence-electron chi connectivity index (χ1n) is 6.39. The van der Waals surface area contributed by atoms with E-state index >= 15 is 0 Å². The molecule has 0 radical (unpaired) electrons. The number of carboxylic acid groups (broad SMARTS) is 1. The lowest BCUT2D eigenvalue weighted by Crippen LogP contribution is -2.40. The van der Waals surface area contributed by atoms with Crippen LogP contribution in [0, 0.1) is 10.8 Å². The molecule has 0 spiro atoms. The standard InChI is InChI=1S/C13H27NO2/c1-5-12(6-2,10-14)9-13(7-3,8-4)11(15)16/h5-10,14H2,1-4H3,(H,15,16). The van der Waals surface area contributed by atoms with Crippen LogP contribution in [0.15, 0.2) is 0 Å². The molecular weight excluding hydrogens is 202 g/mol. The number of rotatable bonds is 8. The van der Waals surface area contributed by atoms with Crippen molar-refractivity contribution in [2.75, 3.05) is 6.54 Å². The third-order valence-electron chi connectivity index (χ3n) is 4.45. The van der Waals surface area contributed by atoms with E-state index in [1.54, 1.807) is 0 Å². The summed E-state index contributed by atoms with van der Waals surface area (Å²) in [5, 5.41) is 9.43. The van der Waals surface area contributed by atoms with Crippen LogP contribution in [0.4, 0.5) is 0 Å². The SMILES string of the molecule is CCC(CC)(CN)CC(CC)(CC)C(=O)O. The lowest BCUT2D eigenvalue weighted by atomic mass is 9.66. The van der Waals surface area contributed by atoms with E-state index < -0.39 is 11.4 Å². The summed E-state index contributed by atoms with van der Waals surface area (Å²) in [6.45, 7) is 8.71. The van der Waals surface area contributed by atoms with E-state index in [0.29, 0.717) is 25.8 Å². The van der Waals surface area contributed by atoms with Crippen LogP contribution in [0.3, 0.4) is 0 Å². The number of carbonyl (C=O) groups is 1. The smallest absolute Gasteiger partial charge is 0.309 e. The first-order valence-corrected chi connectivity index (χ1v) is 6.39. The van der Waals surface area contributed by atoms with Crippen LogP contribution in [0.1, 0.15) is 59.8 Å². The molecule has 0 atom stereocenters. The van der Waals surface area contributed by atoms with E-state index in [-0.39, 0.29) is 5.41 Å². The van der Waals surface area contributed by atoms with Gasteiger partial charge in [0, 0.05) is 0 Å². The molecule has 3 nitrogen and oxygen atoms in total. The Morgan fingerprint density at radius 1 is 1.06 bits per heavy atom. The van der Waals surface area contributed by atoms with Gasteiger partial charge in [-0.25, -0.2) is 0 Å². The monoisotopic (exact) mass is 229 g/mol. The lowest BCUT2D eigenvalue weighted by Gasteiger charge is -2.39. The molecule has 96 valence electrons. The summed E-state index contributed by atoms with van der Waals surface area (Å²) in [6, 6.07) is 0. The third-order valence-corrected chi connectivity index (χ3v) is 4.45. The van der Waals surface area contributed by atoms with Crippen molar-refractivity contribution in [2.45, 2.75) is 59.8 Å². The molecule has 0 saturated heterocycles. The Morgan fingerprint density at radius 2 is 1.50 bits per heavy atom. The minimum absolute atomic E-state index is 0.00951. The molecule has 0 unspecified atom stereocenters. The summed E-state index contributed by atoms with van der Waals surface area (Å²) in [7, 11) is 0. The van der Waals surface area contributed by atoms with Crippen molar-refractivity contribution in [3.8, 4) is 0 Å². The average Bonchev–Trinajstić information content (AvgIpc) is 2.32. The van der Waals surface area contributed by atoms with E-state index in [4.69, 9.17) is 5.73 Å². The summed E-state index contributed by atoms with van der Waals surface area (Å²) in [6.07, 6.45) is 3.97. The van der Waals surface area contributed by atoms with Crippen LogP contribution >= 0.6 is 0 Å². The summed E-state index contributed by atoms with van der Waals surface area (Å²) < 4.78 is 0. The van der Waals surface area contributed by atoms with E-state index in [9.17, 15) is 9.90 Å². The van der Waals surface area contributed by atoms with Gasteiger partial charge in [0.2, 0.25) is 0 Å². The van der Waals surface area contributed by atoms with Crippen molar-refractivity contribution < 1.29 is 9.90 Å². The zero-order valence-corrected chi connectivity index (χ0v) is 11.2. The van der Waals surface area contributed by atoms with Gasteiger partial charge in [0.05, 0.1) is 5.41 Å². The zero-order valence-electron chi connectivity index (χ0n) is 11.2. The van der Waals surface area contributed by atoms with E-state index in [1.165, 1.54) is 0 Å². The highest BCUT2D eigenvalue weighted by Crippen LogP contribution is 2.43. The fourth-order valence-electron chi connectivity index (χ4n) is 2.46. The van der Waals surface area contributed by atoms with Crippen LogP contribution < -0.4 is 5.73 Å². The average molecular weight is 229 g/mol. The second kappa shape index (κ2) is 6.24. The van der Waals surface area contributed by atoms with Gasteiger partial charge in [0.15, 0.2) is 0 Å². The largest absolute Gasteiger partial charge is 0.481 e. The number of hydrogen-bond donors (Lipinski definition) is 2. The summed E-state index contributed by atoms with van der Waals surface area (Å²) in [5.41, 5.74) is 5.25. The first-order chi connectivity index (χ1) is 7.45. The second-order valence-corrected chi connectivity index (χ2v) is 4.88. The molecule has 0 saturated carbocycles. The van der Waals surface area contributed by atoms with Crippen molar-refractivity contribution in [3.05, 3.63) is 0 Å². The fourth-order valence-corrected chi connectivity index (χ4v) is 2.46. The fraction of sp³-hybridized carbons (Fsp3) is 0.923. The Balaban J connectivity index is 5.05. The highest BCUT2D eigenvalue weighted by molar-refractivity contribution is 5.74. The maximum atomic E-state index is 11.5. The summed E-state index contributed by atoms with van der Waals surface area (Å²) >= 11 is 0. The third kappa shape index (κ3) is 2.97. The van der Waals surface area contributed by atoms with Gasteiger partial charge in [-0.15, -0.1) is 0 Å². The van der Waals surface area contributed by atoms with E-state index in [0.717, 1.165) is 12.8 Å². The van der Waals surface area contributed by atoms with Gasteiger partial charge in [-0.2, -0.15) is 0 Å². The molecule has 3 N–H and O–H groups in total. The molecule has 0 bridgehead atoms. The Hall–Kier alpha value is -0.570. The van der Waals surface area contributed by atoms with Crippen molar-refractivity contribution in [1.29, 1.82) is 0 Å². The van der Waals surface area contributed by atoms with Crippen molar-refractivity contribution >= 4 is 5.97 Å². The second-order valence-electron chi connectivity index (χ2n) is 4.88. The predicted molar refractivity (Wildman–Crippen MR) is 67.3 cm³/mol. The van der Waals surface area contributed by atoms with Crippen LogP contribution in [-0.2, 0) is 4.79 Å². The molecule has 0 aromatic heterocycles. The molecule has 0 aliphatic heterocycles. The Kier molecular flexibility index (Phi) is 6.01. The summed E-state index contributed by atoms with van der Waals surface area (Å²) in [4.78, 5) is 11.5. The van der Waals surface area contributed by atoms with Gasteiger partial charge in [0.25, 0.3) is 0 Å². The molecule has 0 aliphatic rings. The zero-order chi connectivity index (χ0) is 12.8. The first kappa shape index (κ1) is 15.4. The minimum Gasteiger partial charge on any atom is -0.481 e. The number of carboxylic acids is 1. The normalized spacial score (nSPS) is 12.8. The van der Waals surface area contributed by atoms with Gasteiger partial charge in [0.1, 0.15) is 0 Å². The topological polar surface area (TPSA) is 63.3 Å². The van der Waals surface area contributed by atoms with Gasteiger partial charge in [-0.1, -0.05) is 27.7 Å².